The van der Waals surface area contributed by atoms with Gasteiger partial charge in [-0.3, -0.25) is 14.7 Å². The van der Waals surface area contributed by atoms with E-state index in [1.54, 1.807) is 57.4 Å². The molecule has 0 unspecified atom stereocenters. The molecule has 2 heterocycles. The molecular formula is C18H18N4O3S. The highest BCUT2D eigenvalue weighted by atomic mass is 32.1. The van der Waals surface area contributed by atoms with Crippen molar-refractivity contribution in [2.45, 2.75) is 13.8 Å². The molecule has 2 N–H and O–H groups in total. The maximum atomic E-state index is 12.8. The van der Waals surface area contributed by atoms with Gasteiger partial charge in [-0.25, -0.2) is 10.1 Å². The minimum atomic E-state index is -0.303. The van der Waals surface area contributed by atoms with Gasteiger partial charge in [-0.05, 0) is 49.6 Å². The number of amides is 1. The van der Waals surface area contributed by atoms with Crippen LogP contribution in [-0.2, 0) is 0 Å². The van der Waals surface area contributed by atoms with Gasteiger partial charge < -0.3 is 4.74 Å². The summed E-state index contributed by atoms with van der Waals surface area (Å²) in [7, 11) is 1.59. The number of benzene rings is 1. The Hall–Kier alpha value is -3.13. The SMILES string of the molecule is COc1ccc(-n2[nH]c(C)c(/C(C)=N/NC(=O)c3cccs3)c2=O)cc1. The van der Waals surface area contributed by atoms with Crippen molar-refractivity contribution in [3.8, 4) is 11.4 Å². The van der Waals surface area contributed by atoms with E-state index in [4.69, 9.17) is 4.74 Å². The van der Waals surface area contributed by atoms with E-state index in [-0.39, 0.29) is 11.5 Å². The Morgan fingerprint density at radius 3 is 2.62 bits per heavy atom. The number of thiophene rings is 1. The summed E-state index contributed by atoms with van der Waals surface area (Å²) in [6, 6.07) is 10.6. The van der Waals surface area contributed by atoms with Crippen LogP contribution in [0.2, 0.25) is 0 Å². The van der Waals surface area contributed by atoms with E-state index in [0.29, 0.717) is 33.3 Å². The van der Waals surface area contributed by atoms with Gasteiger partial charge in [-0.1, -0.05) is 6.07 Å². The molecule has 2 aromatic heterocycles. The van der Waals surface area contributed by atoms with Crippen LogP contribution in [0.25, 0.3) is 5.69 Å². The summed E-state index contributed by atoms with van der Waals surface area (Å²) in [5, 5.41) is 8.93. The second-order valence-electron chi connectivity index (χ2n) is 5.57. The lowest BCUT2D eigenvalue weighted by molar-refractivity contribution is 0.0959. The lowest BCUT2D eigenvalue weighted by Gasteiger charge is -2.03. The number of methoxy groups -OCH3 is 1. The van der Waals surface area contributed by atoms with E-state index in [9.17, 15) is 9.59 Å². The third-order valence-electron chi connectivity index (χ3n) is 3.83. The average molecular weight is 370 g/mol. The summed E-state index contributed by atoms with van der Waals surface area (Å²) in [6.07, 6.45) is 0. The summed E-state index contributed by atoms with van der Waals surface area (Å²) >= 11 is 1.33. The first-order valence-electron chi connectivity index (χ1n) is 7.86. The molecule has 8 heteroatoms. The first-order valence-corrected chi connectivity index (χ1v) is 8.73. The van der Waals surface area contributed by atoms with Crippen molar-refractivity contribution >= 4 is 23.0 Å². The van der Waals surface area contributed by atoms with Crippen LogP contribution in [0.3, 0.4) is 0 Å². The Labute approximate surface area is 153 Å². The van der Waals surface area contributed by atoms with Crippen LogP contribution in [0.1, 0.15) is 27.9 Å². The van der Waals surface area contributed by atoms with Gasteiger partial charge in [0.05, 0.1) is 28.9 Å². The number of ether oxygens (including phenoxy) is 1. The second kappa shape index (κ2) is 7.40. The molecule has 0 saturated heterocycles. The minimum absolute atomic E-state index is 0.237. The predicted octanol–water partition coefficient (Wildman–Crippen LogP) is 2.70. The standard InChI is InChI=1S/C18H18N4O3S/c1-11(19-20-17(23)15-5-4-10-26-15)16-12(2)21-22(18(16)24)13-6-8-14(25-3)9-7-13/h4-10,21H,1-3H3,(H,20,23)/b19-11+. The van der Waals surface area contributed by atoms with Gasteiger partial charge in [0.1, 0.15) is 5.75 Å². The molecule has 0 saturated carbocycles. The van der Waals surface area contributed by atoms with Crippen LogP contribution in [0.5, 0.6) is 5.75 Å². The average Bonchev–Trinajstić information content (AvgIpc) is 3.28. The fourth-order valence-corrected chi connectivity index (χ4v) is 3.15. The van der Waals surface area contributed by atoms with Gasteiger partial charge in [0.15, 0.2) is 0 Å². The molecule has 0 spiro atoms. The number of nitrogens with zero attached hydrogens (tertiary/aromatic N) is 2. The van der Waals surface area contributed by atoms with Crippen molar-refractivity contribution in [3.05, 3.63) is 68.3 Å². The van der Waals surface area contributed by atoms with Crippen LogP contribution in [0, 0.1) is 6.92 Å². The number of hydrazone groups is 1. The van der Waals surface area contributed by atoms with Gasteiger partial charge >= 0.3 is 0 Å². The summed E-state index contributed by atoms with van der Waals surface area (Å²) in [5.41, 5.74) is 4.45. The lowest BCUT2D eigenvalue weighted by atomic mass is 10.2. The summed E-state index contributed by atoms with van der Waals surface area (Å²) < 4.78 is 6.57. The second-order valence-corrected chi connectivity index (χ2v) is 6.51. The molecule has 134 valence electrons. The molecule has 0 atom stereocenters. The molecule has 0 fully saturated rings. The monoisotopic (exact) mass is 370 g/mol. The number of aryl methyl sites for hydroxylation is 1. The number of carbonyl (C=O) groups excluding carboxylic acids is 1. The van der Waals surface area contributed by atoms with Gasteiger partial charge in [-0.2, -0.15) is 5.10 Å². The largest absolute Gasteiger partial charge is 0.497 e. The van der Waals surface area contributed by atoms with Crippen LogP contribution < -0.4 is 15.7 Å². The van der Waals surface area contributed by atoms with E-state index in [2.05, 4.69) is 15.6 Å². The highest BCUT2D eigenvalue weighted by Crippen LogP contribution is 2.14. The topological polar surface area (TPSA) is 88.5 Å². The highest BCUT2D eigenvalue weighted by molar-refractivity contribution is 7.12. The van der Waals surface area contributed by atoms with Crippen molar-refractivity contribution < 1.29 is 9.53 Å². The van der Waals surface area contributed by atoms with Crippen LogP contribution in [0.4, 0.5) is 0 Å². The maximum absolute atomic E-state index is 12.8. The van der Waals surface area contributed by atoms with E-state index in [1.165, 1.54) is 16.0 Å². The molecule has 0 aliphatic rings. The fraction of sp³-hybridized carbons (Fsp3) is 0.167. The molecule has 26 heavy (non-hydrogen) atoms. The molecule has 7 nitrogen and oxygen atoms in total. The number of rotatable bonds is 5. The lowest BCUT2D eigenvalue weighted by Crippen LogP contribution is -2.23. The van der Waals surface area contributed by atoms with Gasteiger partial charge in [0, 0.05) is 5.69 Å². The van der Waals surface area contributed by atoms with Crippen molar-refractivity contribution in [2.24, 2.45) is 5.10 Å². The number of nitrogens with one attached hydrogen (secondary N) is 2. The summed E-state index contributed by atoms with van der Waals surface area (Å²) in [4.78, 5) is 25.3. The van der Waals surface area contributed by atoms with Gasteiger partial charge in [-0.15, -0.1) is 11.3 Å². The zero-order valence-electron chi connectivity index (χ0n) is 14.6. The Morgan fingerprint density at radius 2 is 2.00 bits per heavy atom. The number of carbonyl (C=O) groups is 1. The third kappa shape index (κ3) is 3.45. The molecule has 3 rings (SSSR count). The smallest absolute Gasteiger partial charge is 0.281 e. The van der Waals surface area contributed by atoms with Crippen LogP contribution >= 0.6 is 11.3 Å². The first kappa shape index (κ1) is 17.7. The molecule has 0 bridgehead atoms. The third-order valence-corrected chi connectivity index (χ3v) is 4.70. The van der Waals surface area contributed by atoms with E-state index in [0.717, 1.165) is 0 Å². The molecule has 0 aliphatic carbocycles. The Bertz CT molecular complexity index is 998. The Kier molecular flexibility index (Phi) is 5.04. The number of hydrogen-bond donors (Lipinski definition) is 2. The Morgan fingerprint density at radius 1 is 1.27 bits per heavy atom. The molecule has 3 aromatic rings. The zero-order valence-corrected chi connectivity index (χ0v) is 15.4. The zero-order chi connectivity index (χ0) is 18.7. The predicted molar refractivity (Wildman–Crippen MR) is 102 cm³/mol. The molecular weight excluding hydrogens is 352 g/mol. The summed E-state index contributed by atoms with van der Waals surface area (Å²) in [6.45, 7) is 3.47. The van der Waals surface area contributed by atoms with Gasteiger partial charge in [0.2, 0.25) is 0 Å². The number of H-pyrrole nitrogens is 1. The van der Waals surface area contributed by atoms with Crippen LogP contribution in [-0.4, -0.2) is 28.5 Å². The number of aromatic amines is 1. The van der Waals surface area contributed by atoms with Crippen molar-refractivity contribution in [3.63, 3.8) is 0 Å². The Balaban J connectivity index is 1.88. The quantitative estimate of drug-likeness (QED) is 0.535. The van der Waals surface area contributed by atoms with E-state index >= 15 is 0 Å². The van der Waals surface area contributed by atoms with E-state index < -0.39 is 0 Å². The maximum Gasteiger partial charge on any atom is 0.281 e. The van der Waals surface area contributed by atoms with Crippen LogP contribution in [0.15, 0.2) is 51.7 Å². The minimum Gasteiger partial charge on any atom is -0.497 e. The normalized spacial score (nSPS) is 11.4. The van der Waals surface area contributed by atoms with Crippen molar-refractivity contribution in [1.82, 2.24) is 15.2 Å². The number of aromatic nitrogens is 2. The summed E-state index contributed by atoms with van der Waals surface area (Å²) in [5.74, 6) is 0.405. The first-order chi connectivity index (χ1) is 12.5. The molecule has 1 amide bonds. The molecule has 0 radical (unpaired) electrons. The van der Waals surface area contributed by atoms with E-state index in [1.807, 2.05) is 5.38 Å². The molecule has 0 aliphatic heterocycles. The van der Waals surface area contributed by atoms with Crippen molar-refractivity contribution in [2.75, 3.05) is 7.11 Å². The fourth-order valence-electron chi connectivity index (χ4n) is 2.54. The highest BCUT2D eigenvalue weighted by Gasteiger charge is 2.16. The molecule has 1 aromatic carbocycles. The van der Waals surface area contributed by atoms with Gasteiger partial charge in [0.25, 0.3) is 11.5 Å². The number of hydrogen-bond acceptors (Lipinski definition) is 5. The van der Waals surface area contributed by atoms with Crippen molar-refractivity contribution in [1.29, 1.82) is 0 Å².